The van der Waals surface area contributed by atoms with Gasteiger partial charge in [0.1, 0.15) is 0 Å². The Morgan fingerprint density at radius 2 is 2.06 bits per heavy atom. The average Bonchev–Trinajstić information content (AvgIpc) is 2.33. The summed E-state index contributed by atoms with van der Waals surface area (Å²) in [5, 5.41) is 0. The summed E-state index contributed by atoms with van der Waals surface area (Å²) in [6.45, 7) is 3.52. The standard InChI is InChI=1S/C11H16F2O5/c1-3-9(14)16-7-5-6-11(12,13)8-17-18-10(15)4-2/h3H,1,4-8H2,2H3. The van der Waals surface area contributed by atoms with Crippen LogP contribution in [0.25, 0.3) is 0 Å². The lowest BCUT2D eigenvalue weighted by Gasteiger charge is -2.14. The fraction of sp³-hybridized carbons (Fsp3) is 0.636. The summed E-state index contributed by atoms with van der Waals surface area (Å²) >= 11 is 0. The summed E-state index contributed by atoms with van der Waals surface area (Å²) in [6, 6.07) is 0. The van der Waals surface area contributed by atoms with E-state index >= 15 is 0 Å². The number of hydrogen-bond donors (Lipinski definition) is 0. The van der Waals surface area contributed by atoms with Crippen LogP contribution >= 0.6 is 0 Å². The van der Waals surface area contributed by atoms with Crippen LogP contribution < -0.4 is 0 Å². The molecule has 0 amide bonds. The zero-order valence-corrected chi connectivity index (χ0v) is 10.1. The SMILES string of the molecule is C=CC(=O)OCCCC(F)(F)COOC(=O)CC. The Balaban J connectivity index is 3.69. The largest absolute Gasteiger partial charge is 0.463 e. The van der Waals surface area contributed by atoms with Crippen LogP contribution in [0.5, 0.6) is 0 Å². The Kier molecular flexibility index (Phi) is 7.86. The summed E-state index contributed by atoms with van der Waals surface area (Å²) in [5.41, 5.74) is 0. The van der Waals surface area contributed by atoms with E-state index in [1.54, 1.807) is 0 Å². The van der Waals surface area contributed by atoms with Gasteiger partial charge in [0, 0.05) is 18.9 Å². The molecule has 0 spiro atoms. The predicted molar refractivity (Wildman–Crippen MR) is 57.7 cm³/mol. The fourth-order valence-electron chi connectivity index (χ4n) is 0.875. The minimum Gasteiger partial charge on any atom is -0.463 e. The molecule has 0 bridgehead atoms. The van der Waals surface area contributed by atoms with Crippen LogP contribution in [0.4, 0.5) is 8.78 Å². The topological polar surface area (TPSA) is 61.8 Å². The first-order chi connectivity index (χ1) is 8.41. The van der Waals surface area contributed by atoms with Gasteiger partial charge < -0.3 is 4.74 Å². The summed E-state index contributed by atoms with van der Waals surface area (Å²) in [6.07, 6.45) is 0.424. The molecule has 0 aliphatic carbocycles. The third-order valence-corrected chi connectivity index (χ3v) is 1.81. The average molecular weight is 266 g/mol. The molecular formula is C11H16F2O5. The number of hydrogen-bond acceptors (Lipinski definition) is 5. The van der Waals surface area contributed by atoms with E-state index in [9.17, 15) is 18.4 Å². The maximum Gasteiger partial charge on any atom is 0.342 e. The van der Waals surface area contributed by atoms with Crippen molar-refractivity contribution in [1.82, 2.24) is 0 Å². The smallest absolute Gasteiger partial charge is 0.342 e. The van der Waals surface area contributed by atoms with Crippen molar-refractivity contribution in [3.8, 4) is 0 Å². The molecule has 5 nitrogen and oxygen atoms in total. The summed E-state index contributed by atoms with van der Waals surface area (Å²) in [4.78, 5) is 29.4. The molecule has 0 atom stereocenters. The second-order valence-corrected chi connectivity index (χ2v) is 3.40. The van der Waals surface area contributed by atoms with E-state index < -0.39 is 30.9 Å². The lowest BCUT2D eigenvalue weighted by Crippen LogP contribution is -2.25. The van der Waals surface area contributed by atoms with Crippen LogP contribution in [0.3, 0.4) is 0 Å². The molecule has 0 aliphatic rings. The van der Waals surface area contributed by atoms with Gasteiger partial charge in [-0.2, -0.15) is 4.89 Å². The fourth-order valence-corrected chi connectivity index (χ4v) is 0.875. The van der Waals surface area contributed by atoms with Crippen LogP contribution in [0.15, 0.2) is 12.7 Å². The van der Waals surface area contributed by atoms with Gasteiger partial charge in [-0.15, -0.1) is 0 Å². The number of carbonyl (C=O) groups excluding carboxylic acids is 2. The number of carbonyl (C=O) groups is 2. The van der Waals surface area contributed by atoms with Crippen LogP contribution in [-0.4, -0.2) is 31.1 Å². The zero-order chi connectivity index (χ0) is 14.0. The molecule has 0 heterocycles. The first kappa shape index (κ1) is 16.5. The zero-order valence-electron chi connectivity index (χ0n) is 10.1. The van der Waals surface area contributed by atoms with Crippen molar-refractivity contribution in [1.29, 1.82) is 0 Å². The van der Waals surface area contributed by atoms with E-state index in [0.29, 0.717) is 0 Å². The predicted octanol–water partition coefficient (Wildman–Crippen LogP) is 2.02. The Morgan fingerprint density at radius 3 is 2.61 bits per heavy atom. The van der Waals surface area contributed by atoms with Crippen LogP contribution in [-0.2, 0) is 24.1 Å². The second-order valence-electron chi connectivity index (χ2n) is 3.40. The van der Waals surface area contributed by atoms with Crippen molar-refractivity contribution in [3.05, 3.63) is 12.7 Å². The van der Waals surface area contributed by atoms with Crippen molar-refractivity contribution in [2.75, 3.05) is 13.2 Å². The summed E-state index contributed by atoms with van der Waals surface area (Å²) < 4.78 is 30.7. The van der Waals surface area contributed by atoms with E-state index in [2.05, 4.69) is 21.1 Å². The van der Waals surface area contributed by atoms with Crippen LogP contribution in [0.2, 0.25) is 0 Å². The van der Waals surface area contributed by atoms with E-state index in [1.807, 2.05) is 0 Å². The molecule has 0 unspecified atom stereocenters. The maximum absolute atomic E-state index is 13.1. The first-order valence-electron chi connectivity index (χ1n) is 5.40. The summed E-state index contributed by atoms with van der Waals surface area (Å²) in [5.74, 6) is -4.52. The molecule has 0 fully saturated rings. The molecule has 0 aliphatic heterocycles. The first-order valence-corrected chi connectivity index (χ1v) is 5.40. The van der Waals surface area contributed by atoms with Gasteiger partial charge in [-0.3, -0.25) is 4.89 Å². The van der Waals surface area contributed by atoms with Gasteiger partial charge in [-0.25, -0.2) is 18.4 Å². The van der Waals surface area contributed by atoms with E-state index in [0.717, 1.165) is 6.08 Å². The van der Waals surface area contributed by atoms with Crippen molar-refractivity contribution >= 4 is 11.9 Å². The van der Waals surface area contributed by atoms with Gasteiger partial charge in [-0.05, 0) is 6.42 Å². The van der Waals surface area contributed by atoms with Gasteiger partial charge in [0.15, 0.2) is 6.61 Å². The van der Waals surface area contributed by atoms with Crippen molar-refractivity contribution in [2.24, 2.45) is 0 Å². The van der Waals surface area contributed by atoms with Crippen LogP contribution in [0.1, 0.15) is 26.2 Å². The molecule has 0 radical (unpaired) electrons. The number of esters is 1. The van der Waals surface area contributed by atoms with Gasteiger partial charge in [0.05, 0.1) is 6.61 Å². The Morgan fingerprint density at radius 1 is 1.39 bits per heavy atom. The molecule has 7 heteroatoms. The van der Waals surface area contributed by atoms with Gasteiger partial charge >= 0.3 is 11.9 Å². The molecule has 0 rings (SSSR count). The van der Waals surface area contributed by atoms with Gasteiger partial charge in [-0.1, -0.05) is 13.5 Å². The normalized spacial score (nSPS) is 10.8. The van der Waals surface area contributed by atoms with Crippen molar-refractivity contribution in [3.63, 3.8) is 0 Å². The highest BCUT2D eigenvalue weighted by Crippen LogP contribution is 2.20. The molecule has 18 heavy (non-hydrogen) atoms. The number of rotatable bonds is 9. The van der Waals surface area contributed by atoms with E-state index in [4.69, 9.17) is 0 Å². The van der Waals surface area contributed by atoms with Crippen molar-refractivity contribution in [2.45, 2.75) is 32.1 Å². The minimum absolute atomic E-state index is 0.0301. The van der Waals surface area contributed by atoms with Gasteiger partial charge in [0.2, 0.25) is 0 Å². The number of alkyl halides is 2. The van der Waals surface area contributed by atoms with Gasteiger partial charge in [0.25, 0.3) is 5.92 Å². The third-order valence-electron chi connectivity index (χ3n) is 1.81. The second kappa shape index (κ2) is 8.57. The molecule has 0 saturated carbocycles. The van der Waals surface area contributed by atoms with E-state index in [1.165, 1.54) is 6.92 Å². The van der Waals surface area contributed by atoms with Crippen LogP contribution in [0, 0.1) is 0 Å². The molecule has 0 N–H and O–H groups in total. The molecule has 104 valence electrons. The molecule has 0 aromatic heterocycles. The van der Waals surface area contributed by atoms with E-state index in [-0.39, 0.29) is 19.4 Å². The molecule has 0 aromatic rings. The molecule has 0 saturated heterocycles. The lowest BCUT2D eigenvalue weighted by atomic mass is 10.2. The Bertz CT molecular complexity index is 291. The highest BCUT2D eigenvalue weighted by molar-refractivity contribution is 5.81. The lowest BCUT2D eigenvalue weighted by molar-refractivity contribution is -0.298. The minimum atomic E-state index is -3.14. The maximum atomic E-state index is 13.1. The Hall–Kier alpha value is -1.50. The number of ether oxygens (including phenoxy) is 1. The quantitative estimate of drug-likeness (QED) is 0.210. The Labute approximate surface area is 104 Å². The summed E-state index contributed by atoms with van der Waals surface area (Å²) in [7, 11) is 0. The highest BCUT2D eigenvalue weighted by atomic mass is 19.3. The highest BCUT2D eigenvalue weighted by Gasteiger charge is 2.30. The molecular weight excluding hydrogens is 250 g/mol. The number of halogens is 2. The molecule has 0 aromatic carbocycles. The third kappa shape index (κ3) is 8.63. The van der Waals surface area contributed by atoms with Crippen molar-refractivity contribution < 1.29 is 32.9 Å². The monoisotopic (exact) mass is 266 g/mol.